The van der Waals surface area contributed by atoms with Crippen molar-refractivity contribution in [2.24, 2.45) is 7.05 Å². The fourth-order valence-corrected chi connectivity index (χ4v) is 4.82. The van der Waals surface area contributed by atoms with E-state index >= 15 is 0 Å². The van der Waals surface area contributed by atoms with Gasteiger partial charge in [-0.1, -0.05) is 18.2 Å². The Morgan fingerprint density at radius 3 is 2.28 bits per heavy atom. The number of hydrogen-bond acceptors (Lipinski definition) is 4. The van der Waals surface area contributed by atoms with Gasteiger partial charge in [0.05, 0.1) is 11.1 Å². The minimum absolute atomic E-state index is 0.106. The normalized spacial score (nSPS) is 16.3. The zero-order chi connectivity index (χ0) is 25.6. The van der Waals surface area contributed by atoms with E-state index in [0.29, 0.717) is 28.1 Å². The Morgan fingerprint density at radius 2 is 1.67 bits per heavy atom. The first kappa shape index (κ1) is 24.1. The maximum atomic E-state index is 13.4. The van der Waals surface area contributed by atoms with E-state index in [1.165, 1.54) is 12.1 Å². The van der Waals surface area contributed by atoms with Crippen LogP contribution in [0.15, 0.2) is 71.8 Å². The van der Waals surface area contributed by atoms with Crippen LogP contribution in [-0.4, -0.2) is 47.7 Å². The summed E-state index contributed by atoms with van der Waals surface area (Å²) in [6.45, 7) is 1.88. The van der Waals surface area contributed by atoms with Crippen LogP contribution in [0.1, 0.15) is 12.0 Å². The van der Waals surface area contributed by atoms with Crippen LogP contribution in [0.2, 0.25) is 0 Å². The topological polar surface area (TPSA) is 41.4 Å². The molecular formula is C28H27F3N4O. The number of alkyl halides is 3. The minimum Gasteiger partial charge on any atom is -0.355 e. The number of likely N-dealkylation sites (N-methyl/N-ethyl adjacent to an activating group) is 1. The maximum Gasteiger partial charge on any atom is 0.416 e. The Morgan fingerprint density at radius 1 is 0.972 bits per heavy atom. The van der Waals surface area contributed by atoms with Crippen molar-refractivity contribution in [3.8, 4) is 22.3 Å². The van der Waals surface area contributed by atoms with Gasteiger partial charge in [0.1, 0.15) is 5.82 Å². The van der Waals surface area contributed by atoms with Crippen molar-refractivity contribution in [1.82, 2.24) is 14.5 Å². The van der Waals surface area contributed by atoms with Crippen molar-refractivity contribution in [1.29, 1.82) is 0 Å². The molecule has 0 N–H and O–H groups in total. The molecule has 186 valence electrons. The summed E-state index contributed by atoms with van der Waals surface area (Å²) in [6, 6.07) is 14.8. The minimum atomic E-state index is -4.38. The second kappa shape index (κ2) is 9.09. The summed E-state index contributed by atoms with van der Waals surface area (Å²) in [5, 5.41) is 0.545. The van der Waals surface area contributed by atoms with Gasteiger partial charge in [-0.25, -0.2) is 4.98 Å². The molecule has 36 heavy (non-hydrogen) atoms. The Labute approximate surface area is 207 Å². The number of aryl methyl sites for hydroxylation is 1. The molecule has 4 aromatic rings. The zero-order valence-electron chi connectivity index (χ0n) is 20.4. The van der Waals surface area contributed by atoms with Crippen molar-refractivity contribution in [3.05, 3.63) is 82.8 Å². The predicted octanol–water partition coefficient (Wildman–Crippen LogP) is 5.43. The van der Waals surface area contributed by atoms with Gasteiger partial charge in [-0.05, 0) is 68.0 Å². The van der Waals surface area contributed by atoms with Gasteiger partial charge in [0.2, 0.25) is 0 Å². The molecule has 0 spiro atoms. The van der Waals surface area contributed by atoms with Crippen molar-refractivity contribution in [2.45, 2.75) is 18.6 Å². The first-order chi connectivity index (χ1) is 17.1. The number of rotatable bonds is 4. The third kappa shape index (κ3) is 4.48. The molecule has 5 nitrogen and oxygen atoms in total. The first-order valence-corrected chi connectivity index (χ1v) is 11.8. The third-order valence-corrected chi connectivity index (χ3v) is 7.01. The van der Waals surface area contributed by atoms with Gasteiger partial charge >= 0.3 is 6.18 Å². The summed E-state index contributed by atoms with van der Waals surface area (Å²) < 4.78 is 40.6. The van der Waals surface area contributed by atoms with Crippen molar-refractivity contribution in [2.75, 3.05) is 32.1 Å². The monoisotopic (exact) mass is 492 g/mol. The van der Waals surface area contributed by atoms with E-state index in [-0.39, 0.29) is 5.43 Å². The van der Waals surface area contributed by atoms with Crippen LogP contribution in [0.25, 0.3) is 33.2 Å². The van der Waals surface area contributed by atoms with E-state index in [0.717, 1.165) is 48.6 Å². The molecule has 1 atom stereocenters. The van der Waals surface area contributed by atoms with Crippen LogP contribution >= 0.6 is 0 Å². The summed E-state index contributed by atoms with van der Waals surface area (Å²) in [5.41, 5.74) is 2.61. The first-order valence-electron chi connectivity index (χ1n) is 11.8. The Balaban J connectivity index is 1.45. The number of aromatic nitrogens is 2. The molecule has 0 amide bonds. The molecule has 0 radical (unpaired) electrons. The fraction of sp³-hybridized carbons (Fsp3) is 0.286. The summed E-state index contributed by atoms with van der Waals surface area (Å²) >= 11 is 0. The highest BCUT2D eigenvalue weighted by molar-refractivity contribution is 5.88. The van der Waals surface area contributed by atoms with E-state index < -0.39 is 11.7 Å². The molecule has 1 saturated heterocycles. The molecule has 1 aliphatic heterocycles. The second-order valence-corrected chi connectivity index (χ2v) is 9.55. The summed E-state index contributed by atoms with van der Waals surface area (Å²) in [5.74, 6) is 0.905. The second-order valence-electron chi connectivity index (χ2n) is 9.55. The van der Waals surface area contributed by atoms with Gasteiger partial charge in [0.15, 0.2) is 5.43 Å². The Kier molecular flexibility index (Phi) is 6.08. The Bertz CT molecular complexity index is 1460. The quantitative estimate of drug-likeness (QED) is 0.381. The molecule has 1 aliphatic rings. The standard InChI is InChI=1S/C28H27F3N4O/c1-33(2)22-12-13-35(16-22)26-11-7-20(15-32-26)24-17-34(3)25-14-19(6-10-23(25)27(24)36)18-4-8-21(9-5-18)28(29,30)31/h4-11,14-15,17,22H,12-13,16H2,1-3H3. The summed E-state index contributed by atoms with van der Waals surface area (Å²) in [6.07, 6.45) is 0.252. The lowest BCUT2D eigenvalue weighted by Gasteiger charge is -2.21. The van der Waals surface area contributed by atoms with Crippen molar-refractivity contribution < 1.29 is 13.2 Å². The number of nitrogens with zero attached hydrogens (tertiary/aromatic N) is 4. The van der Waals surface area contributed by atoms with Crippen LogP contribution < -0.4 is 10.3 Å². The molecule has 0 aliphatic carbocycles. The molecule has 3 heterocycles. The van der Waals surface area contributed by atoms with Crippen LogP contribution in [-0.2, 0) is 13.2 Å². The average molecular weight is 493 g/mol. The van der Waals surface area contributed by atoms with E-state index in [1.807, 2.05) is 29.8 Å². The summed E-state index contributed by atoms with van der Waals surface area (Å²) in [4.78, 5) is 22.5. The van der Waals surface area contributed by atoms with Gasteiger partial charge in [-0.15, -0.1) is 0 Å². The van der Waals surface area contributed by atoms with E-state index in [9.17, 15) is 18.0 Å². The van der Waals surface area contributed by atoms with Gasteiger partial charge < -0.3 is 14.4 Å². The number of pyridine rings is 2. The maximum absolute atomic E-state index is 13.4. The van der Waals surface area contributed by atoms with Crippen LogP contribution in [0, 0.1) is 0 Å². The molecule has 8 heteroatoms. The largest absolute Gasteiger partial charge is 0.416 e. The molecular weight excluding hydrogens is 465 g/mol. The zero-order valence-corrected chi connectivity index (χ0v) is 20.4. The van der Waals surface area contributed by atoms with Crippen molar-refractivity contribution in [3.63, 3.8) is 0 Å². The molecule has 2 aromatic heterocycles. The molecule has 5 rings (SSSR count). The lowest BCUT2D eigenvalue weighted by molar-refractivity contribution is -0.137. The lowest BCUT2D eigenvalue weighted by Crippen LogP contribution is -2.31. The molecule has 1 fully saturated rings. The van der Waals surface area contributed by atoms with E-state index in [1.54, 1.807) is 24.5 Å². The highest BCUT2D eigenvalue weighted by atomic mass is 19.4. The highest BCUT2D eigenvalue weighted by Gasteiger charge is 2.30. The smallest absolute Gasteiger partial charge is 0.355 e. The van der Waals surface area contributed by atoms with Gasteiger partial charge in [-0.2, -0.15) is 13.2 Å². The van der Waals surface area contributed by atoms with Crippen LogP contribution in [0.4, 0.5) is 19.0 Å². The van der Waals surface area contributed by atoms with Crippen molar-refractivity contribution >= 4 is 16.7 Å². The van der Waals surface area contributed by atoms with E-state index in [4.69, 9.17) is 0 Å². The number of anilines is 1. The molecule has 2 aromatic carbocycles. The SMILES string of the molecule is CN(C)C1CCN(c2ccc(-c3cn(C)c4cc(-c5ccc(C(F)(F)F)cc5)ccc4c3=O)cn2)C1. The van der Waals surface area contributed by atoms with Gasteiger partial charge in [0, 0.05) is 55.1 Å². The number of halogens is 3. The molecule has 0 saturated carbocycles. The predicted molar refractivity (Wildman–Crippen MR) is 137 cm³/mol. The summed E-state index contributed by atoms with van der Waals surface area (Å²) in [7, 11) is 6.04. The van der Waals surface area contributed by atoms with Crippen LogP contribution in [0.5, 0.6) is 0 Å². The number of hydrogen-bond donors (Lipinski definition) is 0. The van der Waals surface area contributed by atoms with Gasteiger partial charge in [-0.3, -0.25) is 4.79 Å². The Hall–Kier alpha value is -3.65. The average Bonchev–Trinajstić information content (AvgIpc) is 3.36. The number of fused-ring (bicyclic) bond motifs is 1. The fourth-order valence-electron chi connectivity index (χ4n) is 4.82. The molecule has 0 bridgehead atoms. The van der Waals surface area contributed by atoms with Gasteiger partial charge in [0.25, 0.3) is 0 Å². The third-order valence-electron chi connectivity index (χ3n) is 7.01. The van der Waals surface area contributed by atoms with Crippen LogP contribution in [0.3, 0.4) is 0 Å². The number of benzene rings is 2. The lowest BCUT2D eigenvalue weighted by atomic mass is 10.00. The van der Waals surface area contributed by atoms with E-state index in [2.05, 4.69) is 28.9 Å². The molecule has 1 unspecified atom stereocenters. The highest BCUT2D eigenvalue weighted by Crippen LogP contribution is 2.32.